The first-order valence-corrected chi connectivity index (χ1v) is 14.7. The van der Waals surface area contributed by atoms with E-state index in [1.807, 2.05) is 36.4 Å². The van der Waals surface area contributed by atoms with Crippen molar-refractivity contribution in [1.29, 1.82) is 0 Å². The van der Waals surface area contributed by atoms with Gasteiger partial charge in [-0.2, -0.15) is 0 Å². The number of ether oxygens (including phenoxy) is 4. The van der Waals surface area contributed by atoms with Crippen LogP contribution in [0.15, 0.2) is 102 Å². The standard InChI is InChI=1S/C35H36N4O8/c1-23(36-34(43)47-35(2,3)4)30(40)46-27-18-19-28-26(20-27)16-11-17-29(28)37-31(38-32(41)44-21-24-12-7-5-8-13-24)39-33(42)45-22-25-14-9-6-10-15-25/h5-20,23H,21-22H2,1-4H3,(H,36,43)(H2,37,38,39,41,42)/t23-/m1/s1. The minimum Gasteiger partial charge on any atom is -0.444 e. The van der Waals surface area contributed by atoms with Gasteiger partial charge in [0.15, 0.2) is 0 Å². The van der Waals surface area contributed by atoms with E-state index in [1.165, 1.54) is 6.92 Å². The van der Waals surface area contributed by atoms with Gasteiger partial charge in [0.1, 0.15) is 30.6 Å². The van der Waals surface area contributed by atoms with Crippen molar-refractivity contribution in [3.8, 4) is 5.75 Å². The number of carbonyl (C=O) groups is 4. The molecule has 12 nitrogen and oxygen atoms in total. The summed E-state index contributed by atoms with van der Waals surface area (Å²) >= 11 is 0. The van der Waals surface area contributed by atoms with E-state index in [9.17, 15) is 19.2 Å². The number of nitrogens with one attached hydrogen (secondary N) is 3. The number of nitrogens with zero attached hydrogens (tertiary/aromatic N) is 1. The van der Waals surface area contributed by atoms with Gasteiger partial charge in [-0.15, -0.1) is 0 Å². The summed E-state index contributed by atoms with van der Waals surface area (Å²) in [5, 5.41) is 8.65. The first-order valence-electron chi connectivity index (χ1n) is 14.7. The Hall–Kier alpha value is -5.91. The highest BCUT2D eigenvalue weighted by Gasteiger charge is 2.22. The molecule has 0 radical (unpaired) electrons. The molecule has 47 heavy (non-hydrogen) atoms. The second-order valence-corrected chi connectivity index (χ2v) is 11.3. The lowest BCUT2D eigenvalue weighted by atomic mass is 10.1. The molecule has 0 unspecified atom stereocenters. The molecule has 1 atom stereocenters. The van der Waals surface area contributed by atoms with Crippen molar-refractivity contribution >= 4 is 46.7 Å². The maximum atomic E-state index is 12.7. The highest BCUT2D eigenvalue weighted by molar-refractivity contribution is 6.04. The van der Waals surface area contributed by atoms with E-state index in [0.717, 1.165) is 11.1 Å². The van der Waals surface area contributed by atoms with Crippen LogP contribution in [0.4, 0.5) is 20.1 Å². The summed E-state index contributed by atoms with van der Waals surface area (Å²) in [6.45, 7) is 6.63. The van der Waals surface area contributed by atoms with Gasteiger partial charge in [0.05, 0.1) is 5.69 Å². The highest BCUT2D eigenvalue weighted by Crippen LogP contribution is 2.29. The molecule has 0 bridgehead atoms. The number of guanidine groups is 1. The quantitative estimate of drug-likeness (QED) is 0.0649. The number of hydrogen-bond acceptors (Lipinski definition) is 9. The second-order valence-electron chi connectivity index (χ2n) is 11.3. The summed E-state index contributed by atoms with van der Waals surface area (Å²) in [7, 11) is 0. The Morgan fingerprint density at radius 1 is 0.723 bits per heavy atom. The minimum atomic E-state index is -0.973. The summed E-state index contributed by atoms with van der Waals surface area (Å²) < 4.78 is 21.3. The van der Waals surface area contributed by atoms with Crippen LogP contribution >= 0.6 is 0 Å². The largest absolute Gasteiger partial charge is 0.444 e. The van der Waals surface area contributed by atoms with Gasteiger partial charge in [0.2, 0.25) is 5.96 Å². The van der Waals surface area contributed by atoms with Crippen LogP contribution in [-0.4, -0.2) is 41.9 Å². The average Bonchev–Trinajstić information content (AvgIpc) is 3.03. The molecule has 4 aromatic rings. The van der Waals surface area contributed by atoms with Crippen molar-refractivity contribution in [2.24, 2.45) is 4.99 Å². The number of benzene rings is 4. The Labute approximate surface area is 272 Å². The van der Waals surface area contributed by atoms with Crippen LogP contribution in [0.5, 0.6) is 5.75 Å². The Balaban J connectivity index is 1.50. The molecule has 244 valence electrons. The zero-order valence-electron chi connectivity index (χ0n) is 26.4. The Morgan fingerprint density at radius 3 is 1.85 bits per heavy atom. The maximum Gasteiger partial charge on any atom is 0.414 e. The number of aliphatic imine (C=N–C) groups is 1. The third-order valence-electron chi connectivity index (χ3n) is 6.23. The molecule has 4 rings (SSSR count). The fourth-order valence-electron chi connectivity index (χ4n) is 4.07. The number of carbonyl (C=O) groups excluding carboxylic acids is 4. The molecule has 3 N–H and O–H groups in total. The smallest absolute Gasteiger partial charge is 0.414 e. The van der Waals surface area contributed by atoms with E-state index in [4.69, 9.17) is 18.9 Å². The van der Waals surface area contributed by atoms with E-state index in [1.54, 1.807) is 81.4 Å². The summed E-state index contributed by atoms with van der Waals surface area (Å²) in [4.78, 5) is 54.5. The summed E-state index contributed by atoms with van der Waals surface area (Å²) in [6.07, 6.45) is -2.44. The lowest BCUT2D eigenvalue weighted by molar-refractivity contribution is -0.136. The number of fused-ring (bicyclic) bond motifs is 1. The van der Waals surface area contributed by atoms with E-state index < -0.39 is 35.9 Å². The molecule has 0 aliphatic carbocycles. The summed E-state index contributed by atoms with van der Waals surface area (Å²) in [5.74, 6) is -0.693. The van der Waals surface area contributed by atoms with Crippen molar-refractivity contribution < 1.29 is 38.1 Å². The SMILES string of the molecule is C[C@@H](NC(=O)OC(C)(C)C)C(=O)Oc1ccc2c(N=C(NC(=O)OCc3ccccc3)NC(=O)OCc3ccccc3)cccc2c1. The molecule has 0 saturated heterocycles. The van der Waals surface area contributed by atoms with Gasteiger partial charge >= 0.3 is 24.2 Å². The van der Waals surface area contributed by atoms with Crippen molar-refractivity contribution in [1.82, 2.24) is 16.0 Å². The van der Waals surface area contributed by atoms with Crippen molar-refractivity contribution in [3.63, 3.8) is 0 Å². The van der Waals surface area contributed by atoms with Crippen molar-refractivity contribution in [3.05, 3.63) is 108 Å². The Kier molecular flexibility index (Phi) is 11.5. The van der Waals surface area contributed by atoms with Crippen LogP contribution in [0.2, 0.25) is 0 Å². The van der Waals surface area contributed by atoms with Crippen LogP contribution in [0.25, 0.3) is 10.8 Å². The van der Waals surface area contributed by atoms with E-state index in [-0.39, 0.29) is 24.9 Å². The van der Waals surface area contributed by atoms with Crippen LogP contribution in [0.1, 0.15) is 38.8 Å². The van der Waals surface area contributed by atoms with Gasteiger partial charge in [-0.1, -0.05) is 72.8 Å². The second kappa shape index (κ2) is 15.9. The molecule has 0 aliphatic rings. The highest BCUT2D eigenvalue weighted by atomic mass is 16.6. The topological polar surface area (TPSA) is 154 Å². The molecule has 12 heteroatoms. The number of alkyl carbamates (subject to hydrolysis) is 3. The average molecular weight is 641 g/mol. The first-order chi connectivity index (χ1) is 22.4. The van der Waals surface area contributed by atoms with Gasteiger partial charge < -0.3 is 24.3 Å². The van der Waals surface area contributed by atoms with E-state index in [0.29, 0.717) is 16.5 Å². The van der Waals surface area contributed by atoms with Crippen LogP contribution in [0.3, 0.4) is 0 Å². The zero-order valence-corrected chi connectivity index (χ0v) is 26.4. The number of esters is 1. The van der Waals surface area contributed by atoms with Gasteiger partial charge in [-0.25, -0.2) is 24.2 Å². The van der Waals surface area contributed by atoms with Gasteiger partial charge in [0, 0.05) is 5.39 Å². The molecule has 0 aromatic heterocycles. The Bertz CT molecular complexity index is 1680. The third-order valence-corrected chi connectivity index (χ3v) is 6.23. The molecule has 4 aromatic carbocycles. The van der Waals surface area contributed by atoms with Crippen LogP contribution in [0, 0.1) is 0 Å². The Morgan fingerprint density at radius 2 is 1.30 bits per heavy atom. The molecule has 0 saturated carbocycles. The first kappa shape index (κ1) is 34.0. The molecular formula is C35H36N4O8. The summed E-state index contributed by atoms with van der Waals surface area (Å²) in [5.41, 5.74) is 1.21. The molecular weight excluding hydrogens is 604 g/mol. The van der Waals surface area contributed by atoms with Crippen LogP contribution < -0.4 is 20.7 Å². The zero-order chi connectivity index (χ0) is 33.8. The van der Waals surface area contributed by atoms with Gasteiger partial charge in [-0.3, -0.25) is 10.6 Å². The van der Waals surface area contributed by atoms with Crippen molar-refractivity contribution in [2.45, 2.75) is 52.6 Å². The fraction of sp³-hybridized carbons (Fsp3) is 0.229. The molecule has 3 amide bonds. The molecule has 0 aliphatic heterocycles. The monoisotopic (exact) mass is 640 g/mol. The number of amides is 3. The predicted molar refractivity (Wildman–Crippen MR) is 175 cm³/mol. The fourth-order valence-corrected chi connectivity index (χ4v) is 4.07. The van der Waals surface area contributed by atoms with Crippen LogP contribution in [-0.2, 0) is 32.2 Å². The maximum absolute atomic E-state index is 12.7. The molecule has 0 fully saturated rings. The lowest BCUT2D eigenvalue weighted by Gasteiger charge is -2.21. The third kappa shape index (κ3) is 11.2. The number of rotatable bonds is 8. The van der Waals surface area contributed by atoms with E-state index >= 15 is 0 Å². The van der Waals surface area contributed by atoms with Gasteiger partial charge in [0.25, 0.3) is 0 Å². The number of hydrogen-bond donors (Lipinski definition) is 3. The normalized spacial score (nSPS) is 11.4. The van der Waals surface area contributed by atoms with Crippen molar-refractivity contribution in [2.75, 3.05) is 0 Å². The van der Waals surface area contributed by atoms with Gasteiger partial charge in [-0.05, 0) is 68.5 Å². The summed E-state index contributed by atoms with van der Waals surface area (Å²) in [6, 6.07) is 27.2. The minimum absolute atomic E-state index is 0.0000821. The molecule has 0 heterocycles. The predicted octanol–water partition coefficient (Wildman–Crippen LogP) is 6.50. The lowest BCUT2D eigenvalue weighted by Crippen LogP contribution is -2.44. The van der Waals surface area contributed by atoms with E-state index in [2.05, 4.69) is 20.9 Å². The molecule has 0 spiro atoms.